The van der Waals surface area contributed by atoms with E-state index in [1.54, 1.807) is 35.1 Å². The van der Waals surface area contributed by atoms with Gasteiger partial charge in [-0.1, -0.05) is 23.9 Å². The normalized spacial score (nSPS) is 14.2. The van der Waals surface area contributed by atoms with E-state index in [9.17, 15) is 13.6 Å². The quantitative estimate of drug-likeness (QED) is 0.557. The Morgan fingerprint density at radius 1 is 1.29 bits per heavy atom. The molecule has 1 aromatic carbocycles. The third-order valence-corrected chi connectivity index (χ3v) is 5.46. The summed E-state index contributed by atoms with van der Waals surface area (Å²) >= 11 is 0.415. The highest BCUT2D eigenvalue weighted by Crippen LogP contribution is 2.40. The number of para-hydroxylation sites is 1. The van der Waals surface area contributed by atoms with Gasteiger partial charge in [0, 0.05) is 22.5 Å². The minimum Gasteiger partial charge on any atom is -0.321 e. The molecule has 1 fully saturated rings. The SMILES string of the molecule is CC(C)n1ncc2c(C(=O)Nc3ccccc3SC(F)F)cc(C3CC3)nc21. The van der Waals surface area contributed by atoms with Gasteiger partial charge in [0.05, 0.1) is 22.8 Å². The van der Waals surface area contributed by atoms with E-state index in [1.165, 1.54) is 0 Å². The molecule has 8 heteroatoms. The van der Waals surface area contributed by atoms with E-state index in [-0.39, 0.29) is 11.9 Å². The highest BCUT2D eigenvalue weighted by molar-refractivity contribution is 7.99. The molecule has 1 amide bonds. The van der Waals surface area contributed by atoms with E-state index < -0.39 is 5.76 Å². The van der Waals surface area contributed by atoms with Gasteiger partial charge in [-0.15, -0.1) is 0 Å². The molecule has 28 heavy (non-hydrogen) atoms. The minimum absolute atomic E-state index is 0.110. The Bertz CT molecular complexity index is 1030. The van der Waals surface area contributed by atoms with Crippen molar-refractivity contribution in [2.75, 3.05) is 5.32 Å². The number of amides is 1. The van der Waals surface area contributed by atoms with Crippen molar-refractivity contribution in [3.8, 4) is 0 Å². The second kappa shape index (κ2) is 7.50. The van der Waals surface area contributed by atoms with Gasteiger partial charge in [-0.3, -0.25) is 4.79 Å². The fourth-order valence-electron chi connectivity index (χ4n) is 3.15. The lowest BCUT2D eigenvalue weighted by atomic mass is 10.1. The molecule has 3 aromatic rings. The first-order chi connectivity index (χ1) is 13.4. The first kappa shape index (κ1) is 18.9. The monoisotopic (exact) mass is 402 g/mol. The van der Waals surface area contributed by atoms with Gasteiger partial charge >= 0.3 is 0 Å². The van der Waals surface area contributed by atoms with Crippen molar-refractivity contribution in [1.29, 1.82) is 0 Å². The van der Waals surface area contributed by atoms with Gasteiger partial charge in [0.25, 0.3) is 11.7 Å². The van der Waals surface area contributed by atoms with Crippen LogP contribution in [-0.4, -0.2) is 26.4 Å². The Kier molecular flexibility index (Phi) is 5.05. The van der Waals surface area contributed by atoms with Crippen molar-refractivity contribution in [2.45, 2.75) is 49.3 Å². The number of anilines is 1. The van der Waals surface area contributed by atoms with Crippen LogP contribution in [0.25, 0.3) is 11.0 Å². The van der Waals surface area contributed by atoms with Crippen LogP contribution < -0.4 is 5.32 Å². The third-order valence-electron chi connectivity index (χ3n) is 4.67. The lowest BCUT2D eigenvalue weighted by Crippen LogP contribution is -2.14. The Hall–Kier alpha value is -2.48. The Labute approximate surface area is 165 Å². The van der Waals surface area contributed by atoms with Crippen LogP contribution in [0.15, 0.2) is 41.4 Å². The number of carbonyl (C=O) groups excluding carboxylic acids is 1. The van der Waals surface area contributed by atoms with Crippen molar-refractivity contribution in [1.82, 2.24) is 14.8 Å². The molecule has 2 heterocycles. The van der Waals surface area contributed by atoms with E-state index in [2.05, 4.69) is 10.4 Å². The van der Waals surface area contributed by atoms with Crippen LogP contribution in [0.1, 0.15) is 54.7 Å². The molecule has 0 radical (unpaired) electrons. The molecule has 1 N–H and O–H groups in total. The van der Waals surface area contributed by atoms with Crippen LogP contribution in [0, 0.1) is 0 Å². The number of halogens is 2. The summed E-state index contributed by atoms with van der Waals surface area (Å²) in [6.07, 6.45) is 3.76. The summed E-state index contributed by atoms with van der Waals surface area (Å²) in [7, 11) is 0. The van der Waals surface area contributed by atoms with E-state index in [4.69, 9.17) is 4.98 Å². The van der Waals surface area contributed by atoms with E-state index in [0.717, 1.165) is 18.5 Å². The van der Waals surface area contributed by atoms with Crippen molar-refractivity contribution in [3.63, 3.8) is 0 Å². The molecule has 0 bridgehead atoms. The molecule has 0 aliphatic heterocycles. The first-order valence-electron chi connectivity index (χ1n) is 9.17. The van der Waals surface area contributed by atoms with Crippen LogP contribution in [-0.2, 0) is 0 Å². The fourth-order valence-corrected chi connectivity index (χ4v) is 3.74. The summed E-state index contributed by atoms with van der Waals surface area (Å²) in [5.41, 5.74) is 2.40. The number of benzene rings is 1. The van der Waals surface area contributed by atoms with Crippen LogP contribution in [0.3, 0.4) is 0 Å². The standard InChI is InChI=1S/C20H20F2N4OS/c1-11(2)26-18-14(10-23-26)13(9-16(24-18)12-7-8-12)19(27)25-15-5-3-4-6-17(15)28-20(21)22/h3-6,9-12,20H,7-8H2,1-2H3,(H,25,27). The molecule has 146 valence electrons. The number of fused-ring (bicyclic) bond motifs is 1. The molecule has 5 nitrogen and oxygen atoms in total. The largest absolute Gasteiger partial charge is 0.321 e. The zero-order valence-electron chi connectivity index (χ0n) is 15.5. The highest BCUT2D eigenvalue weighted by atomic mass is 32.2. The Balaban J connectivity index is 1.74. The lowest BCUT2D eigenvalue weighted by molar-refractivity contribution is 0.102. The third kappa shape index (κ3) is 3.73. The van der Waals surface area contributed by atoms with Gasteiger partial charge in [-0.25, -0.2) is 9.67 Å². The maximum atomic E-state index is 13.1. The lowest BCUT2D eigenvalue weighted by Gasteiger charge is -2.12. The zero-order valence-corrected chi connectivity index (χ0v) is 16.3. The van der Waals surface area contributed by atoms with E-state index >= 15 is 0 Å². The van der Waals surface area contributed by atoms with Crippen LogP contribution in [0.2, 0.25) is 0 Å². The number of pyridine rings is 1. The fraction of sp³-hybridized carbons (Fsp3) is 0.350. The molecular weight excluding hydrogens is 382 g/mol. The number of rotatable bonds is 6. The Morgan fingerprint density at radius 3 is 2.71 bits per heavy atom. The number of nitrogens with one attached hydrogen (secondary N) is 1. The number of thioether (sulfide) groups is 1. The molecular formula is C20H20F2N4OS. The summed E-state index contributed by atoms with van der Waals surface area (Å²) in [6, 6.07) is 8.49. The predicted molar refractivity (Wildman–Crippen MR) is 106 cm³/mol. The van der Waals surface area contributed by atoms with Gasteiger partial charge in [0.2, 0.25) is 0 Å². The zero-order chi connectivity index (χ0) is 19.8. The molecule has 2 aromatic heterocycles. The number of hydrogen-bond acceptors (Lipinski definition) is 4. The molecule has 0 unspecified atom stereocenters. The summed E-state index contributed by atoms with van der Waals surface area (Å²) < 4.78 is 27.5. The van der Waals surface area contributed by atoms with Gasteiger partial charge < -0.3 is 5.32 Å². The van der Waals surface area contributed by atoms with Crippen LogP contribution >= 0.6 is 11.8 Å². The number of carbonyl (C=O) groups is 1. The molecule has 0 saturated heterocycles. The molecule has 0 atom stereocenters. The van der Waals surface area contributed by atoms with Crippen LogP contribution in [0.5, 0.6) is 0 Å². The maximum absolute atomic E-state index is 13.1. The minimum atomic E-state index is -2.56. The van der Waals surface area contributed by atoms with E-state index in [0.29, 0.717) is 44.9 Å². The summed E-state index contributed by atoms with van der Waals surface area (Å²) in [5, 5.41) is 7.85. The number of hydrogen-bond donors (Lipinski definition) is 1. The second-order valence-electron chi connectivity index (χ2n) is 7.12. The second-order valence-corrected chi connectivity index (χ2v) is 8.15. The number of aromatic nitrogens is 3. The van der Waals surface area contributed by atoms with Gasteiger partial charge in [-0.2, -0.15) is 13.9 Å². The van der Waals surface area contributed by atoms with Gasteiger partial charge in [0.1, 0.15) is 0 Å². The first-order valence-corrected chi connectivity index (χ1v) is 10.1. The summed E-state index contributed by atoms with van der Waals surface area (Å²) in [4.78, 5) is 18.1. The molecule has 1 aliphatic rings. The smallest absolute Gasteiger partial charge is 0.288 e. The molecule has 1 aliphatic carbocycles. The maximum Gasteiger partial charge on any atom is 0.288 e. The predicted octanol–water partition coefficient (Wildman–Crippen LogP) is 5.46. The number of nitrogens with zero attached hydrogens (tertiary/aromatic N) is 3. The van der Waals surface area contributed by atoms with Gasteiger partial charge in [0.15, 0.2) is 5.65 Å². The van der Waals surface area contributed by atoms with E-state index in [1.807, 2.05) is 19.9 Å². The molecule has 1 saturated carbocycles. The van der Waals surface area contributed by atoms with Crippen molar-refractivity contribution < 1.29 is 13.6 Å². The average molecular weight is 402 g/mol. The summed E-state index contributed by atoms with van der Waals surface area (Å²) in [5.74, 6) is -2.54. The average Bonchev–Trinajstić information content (AvgIpc) is 3.41. The topological polar surface area (TPSA) is 59.8 Å². The number of alkyl halides is 2. The highest BCUT2D eigenvalue weighted by Gasteiger charge is 2.28. The Morgan fingerprint density at radius 2 is 2.04 bits per heavy atom. The van der Waals surface area contributed by atoms with Crippen molar-refractivity contribution in [3.05, 3.63) is 47.8 Å². The van der Waals surface area contributed by atoms with Gasteiger partial charge in [-0.05, 0) is 44.9 Å². The van der Waals surface area contributed by atoms with Crippen LogP contribution in [0.4, 0.5) is 14.5 Å². The van der Waals surface area contributed by atoms with Crippen molar-refractivity contribution >= 4 is 34.4 Å². The summed E-state index contributed by atoms with van der Waals surface area (Å²) in [6.45, 7) is 4.02. The molecule has 4 rings (SSSR count). The molecule has 0 spiro atoms. The van der Waals surface area contributed by atoms with Crippen molar-refractivity contribution in [2.24, 2.45) is 0 Å².